The van der Waals surface area contributed by atoms with E-state index in [4.69, 9.17) is 0 Å². The Labute approximate surface area is 140 Å². The fourth-order valence-electron chi connectivity index (χ4n) is 1.80. The van der Waals surface area contributed by atoms with Crippen molar-refractivity contribution in [3.05, 3.63) is 18.2 Å². The molecule has 0 N–H and O–H groups in total. The van der Waals surface area contributed by atoms with Crippen LogP contribution < -0.4 is 0 Å². The average Bonchev–Trinajstić information content (AvgIpc) is 2.53. The van der Waals surface area contributed by atoms with E-state index >= 15 is 0 Å². The second-order valence-corrected chi connectivity index (χ2v) is 6.34. The quantitative estimate of drug-likeness (QED) is 0.437. The maximum Gasteiger partial charge on any atom is -0.0582 e. The summed E-state index contributed by atoms with van der Waals surface area (Å²) >= 11 is 1.16. The Hall–Kier alpha value is 0.500. The molecule has 20 heavy (non-hydrogen) atoms. The summed E-state index contributed by atoms with van der Waals surface area (Å²) in [6.07, 6.45) is 19.0. The Morgan fingerprint density at radius 3 is 1.10 bits per heavy atom. The van der Waals surface area contributed by atoms with Gasteiger partial charge in [0, 0.05) is 0 Å². The van der Waals surface area contributed by atoms with Gasteiger partial charge < -0.3 is 18.2 Å². The Balaban J connectivity index is 0. The van der Waals surface area contributed by atoms with Crippen molar-refractivity contribution >= 4 is 0 Å². The average molecular weight is 448 g/mol. The zero-order chi connectivity index (χ0) is 15.5. The van der Waals surface area contributed by atoms with Crippen LogP contribution in [-0.2, 0) is 20.9 Å². The summed E-state index contributed by atoms with van der Waals surface area (Å²) in [7, 11) is 3.50. The van der Waals surface area contributed by atoms with Gasteiger partial charge in [-0.3, -0.25) is 0 Å². The zero-order valence-electron chi connectivity index (χ0n) is 14.1. The molecule has 0 aromatic rings. The topological polar surface area (TPSA) is 26.5 Å². The fraction of sp³-hybridized carbons (Fsp3) is 0.882. The SMILES string of the molecule is CC(C)[N]=[Ta].C[N-]C.[CH-]1CCCCC1.[CH-]1CCCCC1. The van der Waals surface area contributed by atoms with E-state index in [2.05, 4.69) is 35.3 Å². The molecule has 2 aliphatic carbocycles. The zero-order valence-corrected chi connectivity index (χ0v) is 17.4. The van der Waals surface area contributed by atoms with E-state index in [1.54, 1.807) is 14.1 Å². The standard InChI is InChI=1S/2C6H11.C3H7N.C2H6N.Ta/c2*1-2-4-6-5-3-1;1-3(2)4;1-3-2;/h2*1H,2-6H2;3H,1-2H3;1-2H3;/q2*-1;;-1;. The molecule has 0 saturated heterocycles. The largest absolute Gasteiger partial charge is 0.668 e. The van der Waals surface area contributed by atoms with Gasteiger partial charge in [0.15, 0.2) is 0 Å². The fourth-order valence-corrected chi connectivity index (χ4v) is 1.80. The molecule has 0 bridgehead atoms. The Kier molecular flexibility index (Phi) is 24.8. The van der Waals surface area contributed by atoms with E-state index in [0.717, 1.165) is 20.9 Å². The predicted octanol–water partition coefficient (Wildman–Crippen LogP) is 6.05. The summed E-state index contributed by atoms with van der Waals surface area (Å²) in [5.74, 6) is 0. The smallest absolute Gasteiger partial charge is 0.0582 e. The molecule has 0 atom stereocenters. The molecule has 0 aliphatic heterocycles. The molecular formula is C17H35N2Ta-3. The van der Waals surface area contributed by atoms with E-state index in [-0.39, 0.29) is 0 Å². The maximum absolute atomic E-state index is 4.00. The van der Waals surface area contributed by atoms with E-state index in [9.17, 15) is 0 Å². The van der Waals surface area contributed by atoms with Crippen LogP contribution in [0.5, 0.6) is 0 Å². The van der Waals surface area contributed by atoms with Gasteiger partial charge in [-0.1, -0.05) is 38.5 Å². The molecule has 2 rings (SSSR count). The first-order chi connectivity index (χ1) is 9.68. The Morgan fingerprint density at radius 1 is 0.800 bits per heavy atom. The summed E-state index contributed by atoms with van der Waals surface area (Å²) in [5, 5.41) is 3.50. The normalized spacial score (nSPS) is 17.4. The van der Waals surface area contributed by atoms with Gasteiger partial charge in [-0.2, -0.15) is 39.8 Å². The van der Waals surface area contributed by atoms with Crippen LogP contribution >= 0.6 is 0 Å². The van der Waals surface area contributed by atoms with Crippen LogP contribution in [0.1, 0.15) is 78.1 Å². The van der Waals surface area contributed by atoms with Gasteiger partial charge in [0.05, 0.1) is 0 Å². The first kappa shape index (κ1) is 22.8. The van der Waals surface area contributed by atoms with Crippen molar-refractivity contribution in [2.45, 2.75) is 84.1 Å². The molecule has 121 valence electrons. The van der Waals surface area contributed by atoms with Gasteiger partial charge in [-0.25, -0.2) is 0 Å². The number of hydrogen-bond acceptors (Lipinski definition) is 1. The first-order valence-corrected chi connectivity index (χ1v) is 9.58. The molecule has 0 unspecified atom stereocenters. The van der Waals surface area contributed by atoms with Gasteiger partial charge in [0.2, 0.25) is 0 Å². The molecule has 2 saturated carbocycles. The number of nitrogens with zero attached hydrogens (tertiary/aromatic N) is 2. The Morgan fingerprint density at radius 2 is 1.05 bits per heavy atom. The second-order valence-electron chi connectivity index (χ2n) is 5.51. The third-order valence-corrected chi connectivity index (χ3v) is 4.52. The van der Waals surface area contributed by atoms with Crippen molar-refractivity contribution in [3.63, 3.8) is 0 Å². The van der Waals surface area contributed by atoms with E-state index < -0.39 is 0 Å². The molecular weight excluding hydrogens is 413 g/mol. The maximum atomic E-state index is 4.00. The number of hydrogen-bond donors (Lipinski definition) is 0. The van der Waals surface area contributed by atoms with Crippen molar-refractivity contribution in [1.29, 1.82) is 0 Å². The molecule has 0 heterocycles. The van der Waals surface area contributed by atoms with Gasteiger partial charge in [-0.15, -0.1) is 0 Å². The van der Waals surface area contributed by atoms with Crippen molar-refractivity contribution in [1.82, 2.24) is 0 Å². The third kappa shape index (κ3) is 26.9. The van der Waals surface area contributed by atoms with Crippen LogP contribution in [-0.4, -0.2) is 20.1 Å². The molecule has 2 fully saturated rings. The van der Waals surface area contributed by atoms with Gasteiger partial charge in [0.1, 0.15) is 0 Å². The summed E-state index contributed by atoms with van der Waals surface area (Å²) in [5.41, 5.74) is 0. The van der Waals surface area contributed by atoms with Crippen molar-refractivity contribution in [3.8, 4) is 0 Å². The Bertz CT molecular complexity index is 129. The minimum Gasteiger partial charge on any atom is -0.668 e. The predicted molar refractivity (Wildman–Crippen MR) is 87.5 cm³/mol. The van der Waals surface area contributed by atoms with Crippen LogP contribution in [0.2, 0.25) is 0 Å². The second kappa shape index (κ2) is 21.8. The van der Waals surface area contributed by atoms with Crippen LogP contribution in [0.15, 0.2) is 3.34 Å². The first-order valence-electron chi connectivity index (χ1n) is 8.14. The van der Waals surface area contributed by atoms with E-state index in [1.807, 2.05) is 0 Å². The molecule has 0 aromatic carbocycles. The molecule has 3 heteroatoms. The summed E-state index contributed by atoms with van der Waals surface area (Å²) in [4.78, 5) is 0. The molecule has 2 aliphatic rings. The minimum atomic E-state index is 0.559. The van der Waals surface area contributed by atoms with Crippen LogP contribution in [0.3, 0.4) is 0 Å². The molecule has 0 spiro atoms. The third-order valence-electron chi connectivity index (χ3n) is 2.86. The van der Waals surface area contributed by atoms with Crippen molar-refractivity contribution in [2.24, 2.45) is 3.34 Å². The van der Waals surface area contributed by atoms with E-state index in [0.29, 0.717) is 6.04 Å². The minimum absolute atomic E-state index is 0.559. The number of rotatable bonds is 1. The van der Waals surface area contributed by atoms with Crippen LogP contribution in [0.4, 0.5) is 0 Å². The van der Waals surface area contributed by atoms with Crippen molar-refractivity contribution < 1.29 is 20.9 Å². The summed E-state index contributed by atoms with van der Waals surface area (Å²) in [6.45, 7) is 4.17. The van der Waals surface area contributed by atoms with Crippen molar-refractivity contribution in [2.75, 3.05) is 14.1 Å². The molecule has 2 nitrogen and oxygen atoms in total. The molecule has 0 amide bonds. The van der Waals surface area contributed by atoms with Gasteiger partial charge in [0.25, 0.3) is 0 Å². The van der Waals surface area contributed by atoms with E-state index in [1.165, 1.54) is 64.2 Å². The molecule has 0 aromatic heterocycles. The monoisotopic (exact) mass is 448 g/mol. The van der Waals surface area contributed by atoms with Crippen LogP contribution in [0, 0.1) is 12.8 Å². The van der Waals surface area contributed by atoms with Gasteiger partial charge in [-0.05, 0) is 0 Å². The molecule has 0 radical (unpaired) electrons. The van der Waals surface area contributed by atoms with Gasteiger partial charge >= 0.3 is 44.1 Å². The summed E-state index contributed by atoms with van der Waals surface area (Å²) < 4.78 is 4.00. The summed E-state index contributed by atoms with van der Waals surface area (Å²) in [6, 6.07) is 0.559. The van der Waals surface area contributed by atoms with Crippen LogP contribution in [0.25, 0.3) is 5.32 Å².